The number of esters is 1. The Hall–Kier alpha value is -3.53. The van der Waals surface area contributed by atoms with E-state index in [1.54, 1.807) is 22.1 Å². The second-order valence-electron chi connectivity index (χ2n) is 11.5. The molecule has 6 rings (SSSR count). The van der Waals surface area contributed by atoms with E-state index in [-0.39, 0.29) is 23.9 Å². The number of aromatic amines is 1. The second-order valence-corrected chi connectivity index (χ2v) is 12.9. The third kappa shape index (κ3) is 5.86. The van der Waals surface area contributed by atoms with E-state index in [4.69, 9.17) is 16.3 Å². The summed E-state index contributed by atoms with van der Waals surface area (Å²) in [5.74, 6) is -0.0436. The van der Waals surface area contributed by atoms with Crippen LogP contribution in [-0.2, 0) is 36.1 Å². The minimum atomic E-state index is -0.282. The molecule has 2 aromatic carbocycles. The van der Waals surface area contributed by atoms with Crippen molar-refractivity contribution in [1.29, 1.82) is 0 Å². The van der Waals surface area contributed by atoms with Gasteiger partial charge in [0.1, 0.15) is 11.0 Å². The average Bonchev–Trinajstić information content (AvgIpc) is 3.57. The summed E-state index contributed by atoms with van der Waals surface area (Å²) in [6, 6.07) is 12.2. The zero-order valence-corrected chi connectivity index (χ0v) is 26.5. The van der Waals surface area contributed by atoms with Crippen LogP contribution in [0.25, 0.3) is 21.1 Å². The van der Waals surface area contributed by atoms with Crippen LogP contribution in [0.2, 0.25) is 5.02 Å². The van der Waals surface area contributed by atoms with E-state index in [1.807, 2.05) is 33.0 Å². The van der Waals surface area contributed by atoms with Gasteiger partial charge in [-0.1, -0.05) is 42.3 Å². The Morgan fingerprint density at radius 1 is 1.23 bits per heavy atom. The van der Waals surface area contributed by atoms with Crippen LogP contribution in [0.5, 0.6) is 0 Å². The number of fused-ring (bicyclic) bond motifs is 3. The Morgan fingerprint density at radius 2 is 2.07 bits per heavy atom. The van der Waals surface area contributed by atoms with Gasteiger partial charge in [-0.25, -0.2) is 4.68 Å². The lowest BCUT2D eigenvalue weighted by Crippen LogP contribution is -2.28. The number of hydrogen-bond acceptors (Lipinski definition) is 7. The summed E-state index contributed by atoms with van der Waals surface area (Å²) in [5.41, 5.74) is 7.81. The maximum Gasteiger partial charge on any atom is 0.306 e. The van der Waals surface area contributed by atoms with Gasteiger partial charge in [-0.3, -0.25) is 14.5 Å². The minimum absolute atomic E-state index is 0.0628. The number of aromatic nitrogens is 4. The van der Waals surface area contributed by atoms with E-state index in [0.29, 0.717) is 24.1 Å². The number of nitrogens with zero attached hydrogens (tertiary/aromatic N) is 4. The van der Waals surface area contributed by atoms with Gasteiger partial charge in [0.25, 0.3) is 0 Å². The second kappa shape index (κ2) is 12.2. The summed E-state index contributed by atoms with van der Waals surface area (Å²) in [4.78, 5) is 30.8. The fourth-order valence-corrected chi connectivity index (χ4v) is 7.75. The number of carbonyl (C=O) groups excluding carboxylic acids is 1. The molecule has 0 bridgehead atoms. The number of hydrogen-bond donors (Lipinski definition) is 1. The molecule has 0 amide bonds. The molecular formula is C33H36ClN5O3S. The van der Waals surface area contributed by atoms with Crippen LogP contribution in [0, 0.1) is 12.8 Å². The average molecular weight is 618 g/mol. The van der Waals surface area contributed by atoms with Crippen LogP contribution >= 0.6 is 22.9 Å². The largest absolute Gasteiger partial charge is 0.466 e. The third-order valence-electron chi connectivity index (χ3n) is 8.70. The Labute approximate surface area is 259 Å². The molecule has 1 aliphatic rings. The molecule has 0 fully saturated rings. The summed E-state index contributed by atoms with van der Waals surface area (Å²) >= 11 is 8.53. The summed E-state index contributed by atoms with van der Waals surface area (Å²) in [6.45, 7) is 8.75. The van der Waals surface area contributed by atoms with Crippen molar-refractivity contribution in [3.05, 3.63) is 90.7 Å². The lowest BCUT2D eigenvalue weighted by Gasteiger charge is -2.25. The van der Waals surface area contributed by atoms with Gasteiger partial charge in [0.2, 0.25) is 5.56 Å². The van der Waals surface area contributed by atoms with E-state index in [1.165, 1.54) is 15.8 Å². The quantitative estimate of drug-likeness (QED) is 0.200. The molecule has 2 atom stereocenters. The molecule has 224 valence electrons. The molecule has 1 N–H and O–H groups in total. The maximum absolute atomic E-state index is 13.0. The number of benzene rings is 2. The first-order valence-electron chi connectivity index (χ1n) is 14.8. The van der Waals surface area contributed by atoms with E-state index in [9.17, 15) is 9.59 Å². The maximum atomic E-state index is 13.0. The molecule has 0 saturated heterocycles. The summed E-state index contributed by atoms with van der Waals surface area (Å²) in [5, 5.41) is 12.4. The normalized spacial score (nSPS) is 16.3. The van der Waals surface area contributed by atoms with E-state index < -0.39 is 0 Å². The minimum Gasteiger partial charge on any atom is -0.466 e. The number of aryl methyl sites for hydroxylation is 2. The van der Waals surface area contributed by atoms with Gasteiger partial charge in [0.15, 0.2) is 0 Å². The monoisotopic (exact) mass is 617 g/mol. The molecule has 5 aromatic rings. The molecule has 0 spiro atoms. The fraction of sp³-hybridized carbons (Fsp3) is 0.394. The van der Waals surface area contributed by atoms with Crippen molar-refractivity contribution in [3.63, 3.8) is 0 Å². The fourth-order valence-electron chi connectivity index (χ4n) is 6.53. The topological polar surface area (TPSA) is 93.1 Å². The van der Waals surface area contributed by atoms with Gasteiger partial charge in [-0.2, -0.15) is 0 Å². The van der Waals surface area contributed by atoms with E-state index in [0.717, 1.165) is 64.7 Å². The van der Waals surface area contributed by atoms with Gasteiger partial charge in [0.05, 0.1) is 18.1 Å². The number of ether oxygens (including phenoxy) is 1. The molecule has 43 heavy (non-hydrogen) atoms. The van der Waals surface area contributed by atoms with Gasteiger partial charge in [-0.15, -0.1) is 16.4 Å². The van der Waals surface area contributed by atoms with Crippen molar-refractivity contribution >= 4 is 50.0 Å². The van der Waals surface area contributed by atoms with Crippen LogP contribution in [-0.4, -0.2) is 44.0 Å². The van der Waals surface area contributed by atoms with Crippen molar-refractivity contribution in [2.75, 3.05) is 13.2 Å². The first-order valence-corrected chi connectivity index (χ1v) is 16.1. The van der Waals surface area contributed by atoms with Crippen molar-refractivity contribution in [2.45, 2.75) is 59.0 Å². The number of halogens is 1. The third-order valence-corrected chi connectivity index (χ3v) is 10.00. The van der Waals surface area contributed by atoms with Crippen molar-refractivity contribution < 1.29 is 9.53 Å². The van der Waals surface area contributed by atoms with Crippen molar-refractivity contribution in [3.8, 4) is 0 Å². The molecule has 4 heterocycles. The summed E-state index contributed by atoms with van der Waals surface area (Å²) in [6.07, 6.45) is 2.21. The van der Waals surface area contributed by atoms with Crippen molar-refractivity contribution in [2.24, 2.45) is 13.0 Å². The number of rotatable bonds is 8. The zero-order chi connectivity index (χ0) is 30.2. The summed E-state index contributed by atoms with van der Waals surface area (Å²) < 4.78 is 8.36. The first kappa shape index (κ1) is 29.5. The Bertz CT molecular complexity index is 1880. The molecule has 0 saturated carbocycles. The Kier molecular flexibility index (Phi) is 8.40. The number of thiophene rings is 1. The number of pyridine rings is 1. The highest BCUT2D eigenvalue weighted by Crippen LogP contribution is 2.40. The smallest absolute Gasteiger partial charge is 0.306 e. The molecular weight excluding hydrogens is 582 g/mol. The van der Waals surface area contributed by atoms with E-state index >= 15 is 0 Å². The lowest BCUT2D eigenvalue weighted by atomic mass is 9.84. The zero-order valence-electron chi connectivity index (χ0n) is 24.9. The molecule has 0 unspecified atom stereocenters. The van der Waals surface area contributed by atoms with Crippen molar-refractivity contribution in [1.82, 2.24) is 24.9 Å². The standard InChI is InChI=1S/C33H36ClN5O3S/c1-5-20-11-21-7-8-29(40)35-28(21)18-39(16-20)17-24-13-23(12-22-9-10-43-33(22)24)26(15-30(41)42-6-2)25-14-27(34)32-31(19(25)3)36-37-38(32)4/h7-10,12-14,20,26H,5-6,11,15-18H2,1-4H3,(H,35,40)/t20-,26-/m0/s1. The van der Waals surface area contributed by atoms with Crippen LogP contribution in [0.4, 0.5) is 0 Å². The Morgan fingerprint density at radius 3 is 2.86 bits per heavy atom. The molecule has 3 aromatic heterocycles. The highest BCUT2D eigenvalue weighted by molar-refractivity contribution is 7.17. The van der Waals surface area contributed by atoms with Crippen LogP contribution < -0.4 is 5.56 Å². The molecule has 10 heteroatoms. The lowest BCUT2D eigenvalue weighted by molar-refractivity contribution is -0.143. The van der Waals surface area contributed by atoms with E-state index in [2.05, 4.69) is 50.7 Å². The highest BCUT2D eigenvalue weighted by atomic mass is 35.5. The molecule has 0 aliphatic carbocycles. The predicted octanol–water partition coefficient (Wildman–Crippen LogP) is 6.50. The van der Waals surface area contributed by atoms with Crippen LogP contribution in [0.15, 0.2) is 46.6 Å². The number of H-pyrrole nitrogens is 1. The van der Waals surface area contributed by atoms with Gasteiger partial charge in [0, 0.05) is 49.1 Å². The predicted molar refractivity (Wildman–Crippen MR) is 172 cm³/mol. The highest BCUT2D eigenvalue weighted by Gasteiger charge is 2.27. The Balaban J connectivity index is 1.44. The SMILES string of the molecule is CCOC(=O)C[C@@H](c1cc(CN2Cc3[nH]c(=O)ccc3C[C@H](CC)C2)c2sccc2c1)c1cc(Cl)c2c(nnn2C)c1C. The summed E-state index contributed by atoms with van der Waals surface area (Å²) in [7, 11) is 1.83. The number of nitrogens with one attached hydrogen (secondary N) is 1. The molecule has 1 aliphatic heterocycles. The van der Waals surface area contributed by atoms with Gasteiger partial charge in [-0.05, 0) is 83.0 Å². The number of carbonyl (C=O) groups is 1. The van der Waals surface area contributed by atoms with Crippen LogP contribution in [0.1, 0.15) is 66.1 Å². The van der Waals surface area contributed by atoms with Gasteiger partial charge < -0.3 is 9.72 Å². The molecule has 8 nitrogen and oxygen atoms in total. The first-order chi connectivity index (χ1) is 20.7. The van der Waals surface area contributed by atoms with Crippen LogP contribution in [0.3, 0.4) is 0 Å². The van der Waals surface area contributed by atoms with Gasteiger partial charge >= 0.3 is 5.97 Å². The molecule has 0 radical (unpaired) electrons.